The van der Waals surface area contributed by atoms with E-state index >= 15 is 0 Å². The summed E-state index contributed by atoms with van der Waals surface area (Å²) < 4.78 is 39.8. The Bertz CT molecular complexity index is 1120. The van der Waals surface area contributed by atoms with Crippen LogP contribution in [0.4, 0.5) is 19.0 Å². The summed E-state index contributed by atoms with van der Waals surface area (Å²) in [6.07, 6.45) is -0.318. The van der Waals surface area contributed by atoms with Crippen LogP contribution in [-0.4, -0.2) is 75.4 Å². The van der Waals surface area contributed by atoms with E-state index in [1.165, 1.54) is 19.3 Å². The topological polar surface area (TPSA) is 90.5 Å². The number of hydrogen-bond acceptors (Lipinski definition) is 6. The second-order valence-corrected chi connectivity index (χ2v) is 10.1. The molecule has 1 aliphatic heterocycles. The normalized spacial score (nSPS) is 25.1. The van der Waals surface area contributed by atoms with Gasteiger partial charge in [0.25, 0.3) is 0 Å². The van der Waals surface area contributed by atoms with Crippen molar-refractivity contribution >= 4 is 28.5 Å². The van der Waals surface area contributed by atoms with Gasteiger partial charge in [-0.3, -0.25) is 9.59 Å². The number of carbonyl (C=O) groups is 2. The molecule has 2 unspecified atom stereocenters. The summed E-state index contributed by atoms with van der Waals surface area (Å²) in [7, 11) is 2.08. The van der Waals surface area contributed by atoms with Crippen molar-refractivity contribution in [3.8, 4) is 0 Å². The molecule has 2 aliphatic rings. The highest BCUT2D eigenvalue weighted by molar-refractivity contribution is 5.93. The molecule has 1 aliphatic carbocycles. The van der Waals surface area contributed by atoms with E-state index in [1.807, 2.05) is 4.90 Å². The van der Waals surface area contributed by atoms with E-state index in [0.717, 1.165) is 31.4 Å². The maximum absolute atomic E-state index is 13.4. The van der Waals surface area contributed by atoms with Gasteiger partial charge in [0.1, 0.15) is 18.2 Å². The monoisotopic (exact) mass is 506 g/mol. The molecule has 2 fully saturated rings. The molecule has 0 spiro atoms. The second-order valence-electron chi connectivity index (χ2n) is 10.1. The van der Waals surface area contributed by atoms with Crippen molar-refractivity contribution < 1.29 is 22.8 Å². The molecular formula is C25H33F3N6O2. The van der Waals surface area contributed by atoms with Gasteiger partial charge in [-0.2, -0.15) is 13.2 Å². The van der Waals surface area contributed by atoms with E-state index in [2.05, 4.69) is 46.4 Å². The summed E-state index contributed by atoms with van der Waals surface area (Å²) in [5, 5.41) is 6.34. The zero-order valence-corrected chi connectivity index (χ0v) is 21.0. The lowest BCUT2D eigenvalue weighted by Gasteiger charge is -2.44. The average molecular weight is 507 g/mol. The molecule has 1 aromatic heterocycles. The van der Waals surface area contributed by atoms with Gasteiger partial charge >= 0.3 is 6.18 Å². The SMILES string of the molecule is CC(=O)NC1C[C@H](N(C)C(C)C)CC[C@@H]1N1CCC(Nc2ncnc3ccc(C(F)(F)F)cc23)C1=O. The minimum Gasteiger partial charge on any atom is -0.358 e. The molecule has 11 heteroatoms. The highest BCUT2D eigenvalue weighted by Gasteiger charge is 2.43. The van der Waals surface area contributed by atoms with Crippen molar-refractivity contribution in [2.24, 2.45) is 0 Å². The van der Waals surface area contributed by atoms with Crippen molar-refractivity contribution in [1.29, 1.82) is 0 Å². The number of rotatable bonds is 6. The Kier molecular flexibility index (Phi) is 7.40. The lowest BCUT2D eigenvalue weighted by molar-refractivity contribution is -0.137. The first-order chi connectivity index (χ1) is 17.0. The standard InChI is InChI=1S/C25H33F3N6O2/c1-14(2)33(4)17-6-8-22(21(12-17)31-15(3)35)34-10-9-20(24(34)36)32-23-18-11-16(25(26,27)28)5-7-19(18)29-13-30-23/h5,7,11,13-14,17,20-22H,6,8-10,12H2,1-4H3,(H,31,35)(H,29,30,32)/t17-,20?,21?,22+/m1/s1. The van der Waals surface area contributed by atoms with Crippen molar-refractivity contribution in [3.05, 3.63) is 30.1 Å². The Balaban J connectivity index is 1.52. The minimum absolute atomic E-state index is 0.132. The number of nitrogens with zero attached hydrogens (tertiary/aromatic N) is 4. The second kappa shape index (κ2) is 10.2. The van der Waals surface area contributed by atoms with Crippen LogP contribution >= 0.6 is 0 Å². The van der Waals surface area contributed by atoms with Gasteiger partial charge in [-0.05, 0) is 64.8 Å². The fraction of sp³-hybridized carbons (Fsp3) is 0.600. The zero-order chi connectivity index (χ0) is 26.2. The molecule has 1 saturated carbocycles. The molecule has 2 amide bonds. The van der Waals surface area contributed by atoms with Gasteiger partial charge < -0.3 is 20.4 Å². The van der Waals surface area contributed by atoms with Crippen LogP contribution in [0.2, 0.25) is 0 Å². The quantitative estimate of drug-likeness (QED) is 0.624. The van der Waals surface area contributed by atoms with Crippen LogP contribution in [-0.2, 0) is 15.8 Å². The number of alkyl halides is 3. The molecule has 4 rings (SSSR count). The maximum atomic E-state index is 13.4. The van der Waals surface area contributed by atoms with Crippen LogP contribution in [0.15, 0.2) is 24.5 Å². The Hall–Kier alpha value is -2.95. The Labute approximate surface area is 208 Å². The molecule has 8 nitrogen and oxygen atoms in total. The smallest absolute Gasteiger partial charge is 0.358 e. The third-order valence-corrected chi connectivity index (χ3v) is 7.48. The third-order valence-electron chi connectivity index (χ3n) is 7.48. The molecule has 2 heterocycles. The molecule has 1 saturated heterocycles. The highest BCUT2D eigenvalue weighted by atomic mass is 19.4. The van der Waals surface area contributed by atoms with E-state index in [1.54, 1.807) is 0 Å². The summed E-state index contributed by atoms with van der Waals surface area (Å²) in [5.74, 6) is -0.0659. The Morgan fingerprint density at radius 2 is 1.94 bits per heavy atom. The molecule has 2 aromatic rings. The van der Waals surface area contributed by atoms with Crippen LogP contribution in [0.25, 0.3) is 10.9 Å². The molecule has 0 bridgehead atoms. The van der Waals surface area contributed by atoms with E-state index in [4.69, 9.17) is 0 Å². The summed E-state index contributed by atoms with van der Waals surface area (Å²) in [6, 6.07) is 3.05. The number of carbonyl (C=O) groups excluding carboxylic acids is 2. The van der Waals surface area contributed by atoms with Crippen LogP contribution in [0.3, 0.4) is 0 Å². The van der Waals surface area contributed by atoms with Crippen LogP contribution < -0.4 is 10.6 Å². The Morgan fingerprint density at radius 1 is 1.19 bits per heavy atom. The van der Waals surface area contributed by atoms with Crippen LogP contribution in [0.1, 0.15) is 52.0 Å². The van der Waals surface area contributed by atoms with Crippen molar-refractivity contribution in [2.75, 3.05) is 18.9 Å². The molecule has 36 heavy (non-hydrogen) atoms. The number of halogens is 3. The number of amides is 2. The molecule has 1 aromatic carbocycles. The summed E-state index contributed by atoms with van der Waals surface area (Å²) in [4.78, 5) is 37.7. The number of benzene rings is 1. The summed E-state index contributed by atoms with van der Waals surface area (Å²) in [6.45, 7) is 6.25. The van der Waals surface area contributed by atoms with E-state index in [0.29, 0.717) is 30.6 Å². The predicted molar refractivity (Wildman–Crippen MR) is 130 cm³/mol. The lowest BCUT2D eigenvalue weighted by atomic mass is 9.84. The van der Waals surface area contributed by atoms with Gasteiger partial charge in [0.2, 0.25) is 11.8 Å². The number of anilines is 1. The fourth-order valence-corrected chi connectivity index (χ4v) is 5.39. The van der Waals surface area contributed by atoms with Crippen molar-refractivity contribution in [2.45, 2.75) is 82.8 Å². The number of aromatic nitrogens is 2. The molecule has 4 atom stereocenters. The first-order valence-corrected chi connectivity index (χ1v) is 12.3. The van der Waals surface area contributed by atoms with Crippen molar-refractivity contribution in [3.63, 3.8) is 0 Å². The first-order valence-electron chi connectivity index (χ1n) is 12.3. The van der Waals surface area contributed by atoms with E-state index < -0.39 is 17.8 Å². The van der Waals surface area contributed by atoms with Gasteiger partial charge in [-0.15, -0.1) is 0 Å². The van der Waals surface area contributed by atoms with Gasteiger partial charge in [0.05, 0.1) is 23.2 Å². The average Bonchev–Trinajstić information content (AvgIpc) is 3.17. The fourth-order valence-electron chi connectivity index (χ4n) is 5.39. The van der Waals surface area contributed by atoms with Crippen LogP contribution in [0.5, 0.6) is 0 Å². The number of fused-ring (bicyclic) bond motifs is 1. The third kappa shape index (κ3) is 5.40. The highest BCUT2D eigenvalue weighted by Crippen LogP contribution is 2.34. The summed E-state index contributed by atoms with van der Waals surface area (Å²) in [5.41, 5.74) is -0.436. The summed E-state index contributed by atoms with van der Waals surface area (Å²) >= 11 is 0. The molecule has 0 radical (unpaired) electrons. The maximum Gasteiger partial charge on any atom is 0.416 e. The number of hydrogen-bond donors (Lipinski definition) is 2. The van der Waals surface area contributed by atoms with Gasteiger partial charge in [-0.25, -0.2) is 9.97 Å². The minimum atomic E-state index is -4.50. The van der Waals surface area contributed by atoms with Gasteiger partial charge in [0.15, 0.2) is 0 Å². The van der Waals surface area contributed by atoms with E-state index in [-0.39, 0.29) is 35.1 Å². The number of nitrogens with one attached hydrogen (secondary N) is 2. The number of likely N-dealkylation sites (tertiary alicyclic amines) is 1. The molecular weight excluding hydrogens is 473 g/mol. The largest absolute Gasteiger partial charge is 0.416 e. The first kappa shape index (κ1) is 26.1. The predicted octanol–water partition coefficient (Wildman–Crippen LogP) is 3.43. The van der Waals surface area contributed by atoms with Crippen LogP contribution in [0, 0.1) is 0 Å². The van der Waals surface area contributed by atoms with Crippen molar-refractivity contribution in [1.82, 2.24) is 25.1 Å². The van der Waals surface area contributed by atoms with Gasteiger partial charge in [0, 0.05) is 30.9 Å². The molecule has 2 N–H and O–H groups in total. The molecule has 196 valence electrons. The van der Waals surface area contributed by atoms with E-state index in [9.17, 15) is 22.8 Å². The zero-order valence-electron chi connectivity index (χ0n) is 21.0. The van der Waals surface area contributed by atoms with Gasteiger partial charge in [-0.1, -0.05) is 0 Å². The Morgan fingerprint density at radius 3 is 2.61 bits per heavy atom. The lowest BCUT2D eigenvalue weighted by Crippen LogP contribution is -2.58.